The van der Waals surface area contributed by atoms with Crippen LogP contribution < -0.4 is 0 Å². The Labute approximate surface area is 135 Å². The highest BCUT2D eigenvalue weighted by molar-refractivity contribution is 5.83. The molecule has 0 saturated heterocycles. The predicted octanol–water partition coefficient (Wildman–Crippen LogP) is 5.47. The molecule has 108 valence electrons. The zero-order valence-corrected chi connectivity index (χ0v) is 12.7. The van der Waals surface area contributed by atoms with E-state index in [1.54, 1.807) is 0 Å². The molecule has 0 unspecified atom stereocenters. The molecule has 0 atom stereocenters. The van der Waals surface area contributed by atoms with Gasteiger partial charge in [-0.15, -0.1) is 0 Å². The smallest absolute Gasteiger partial charge is 0.0709 e. The summed E-state index contributed by atoms with van der Waals surface area (Å²) < 4.78 is 0. The molecule has 0 saturated carbocycles. The van der Waals surface area contributed by atoms with Crippen LogP contribution in [0.1, 0.15) is 11.1 Å². The minimum absolute atomic E-state index is 1.02. The maximum absolute atomic E-state index is 4.82. The van der Waals surface area contributed by atoms with Crippen LogP contribution in [-0.2, 0) is 6.42 Å². The second-order valence-corrected chi connectivity index (χ2v) is 6.10. The van der Waals surface area contributed by atoms with Crippen molar-refractivity contribution < 1.29 is 0 Å². The first-order valence-electron chi connectivity index (χ1n) is 7.96. The largest absolute Gasteiger partial charge is 0.248 e. The molecule has 0 fully saturated rings. The summed E-state index contributed by atoms with van der Waals surface area (Å²) >= 11 is 0. The fourth-order valence-electron chi connectivity index (χ4n) is 3.53. The van der Waals surface area contributed by atoms with Gasteiger partial charge in [0.15, 0.2) is 0 Å². The molecule has 5 rings (SSSR count). The average molecular weight is 293 g/mol. The second-order valence-electron chi connectivity index (χ2n) is 6.10. The molecule has 0 radical (unpaired) electrons. The third-order valence-electron chi connectivity index (χ3n) is 4.69. The van der Waals surface area contributed by atoms with Crippen LogP contribution in [0.15, 0.2) is 78.9 Å². The topological polar surface area (TPSA) is 12.9 Å². The summed E-state index contributed by atoms with van der Waals surface area (Å²) in [7, 11) is 0. The minimum atomic E-state index is 1.02. The predicted molar refractivity (Wildman–Crippen MR) is 95.4 cm³/mol. The lowest BCUT2D eigenvalue weighted by Crippen LogP contribution is -1.87. The Kier molecular flexibility index (Phi) is 2.62. The fraction of sp³-hybridized carbons (Fsp3) is 0.0455. The van der Waals surface area contributed by atoms with E-state index in [1.165, 1.54) is 33.2 Å². The highest BCUT2D eigenvalue weighted by Gasteiger charge is 2.18. The van der Waals surface area contributed by atoms with Gasteiger partial charge in [0.2, 0.25) is 0 Å². The van der Waals surface area contributed by atoms with Gasteiger partial charge in [0.1, 0.15) is 0 Å². The van der Waals surface area contributed by atoms with Crippen LogP contribution in [0.3, 0.4) is 0 Å². The number of aromatic nitrogens is 1. The van der Waals surface area contributed by atoms with Crippen molar-refractivity contribution >= 4 is 10.9 Å². The lowest BCUT2D eigenvalue weighted by Gasteiger charge is -2.06. The van der Waals surface area contributed by atoms with Crippen LogP contribution in [0.5, 0.6) is 0 Å². The highest BCUT2D eigenvalue weighted by Crippen LogP contribution is 2.38. The number of fused-ring (bicyclic) bond motifs is 4. The Morgan fingerprint density at radius 2 is 1.48 bits per heavy atom. The van der Waals surface area contributed by atoms with Crippen molar-refractivity contribution in [1.82, 2.24) is 4.98 Å². The maximum atomic E-state index is 4.82. The van der Waals surface area contributed by atoms with Gasteiger partial charge in [-0.2, -0.15) is 0 Å². The Balaban J connectivity index is 1.63. The van der Waals surface area contributed by atoms with E-state index >= 15 is 0 Å². The lowest BCUT2D eigenvalue weighted by atomic mass is 10.0. The van der Waals surface area contributed by atoms with Gasteiger partial charge in [0.25, 0.3) is 0 Å². The number of hydrogen-bond acceptors (Lipinski definition) is 1. The number of rotatable bonds is 1. The van der Waals surface area contributed by atoms with Crippen LogP contribution in [-0.4, -0.2) is 4.98 Å². The zero-order chi connectivity index (χ0) is 15.2. The molecule has 1 aromatic heterocycles. The van der Waals surface area contributed by atoms with Crippen molar-refractivity contribution in [3.63, 3.8) is 0 Å². The molecule has 0 spiro atoms. The fourth-order valence-corrected chi connectivity index (χ4v) is 3.53. The van der Waals surface area contributed by atoms with E-state index in [2.05, 4.69) is 72.8 Å². The van der Waals surface area contributed by atoms with Gasteiger partial charge in [-0.3, -0.25) is 0 Å². The molecule has 0 aliphatic heterocycles. The summed E-state index contributed by atoms with van der Waals surface area (Å²) in [6.07, 6.45) is 1.02. The molecule has 1 nitrogen and oxygen atoms in total. The molecule has 1 heterocycles. The van der Waals surface area contributed by atoms with Crippen LogP contribution in [0.2, 0.25) is 0 Å². The summed E-state index contributed by atoms with van der Waals surface area (Å²) in [6, 6.07) is 28.0. The van der Waals surface area contributed by atoms with E-state index in [4.69, 9.17) is 4.98 Å². The van der Waals surface area contributed by atoms with E-state index in [1.807, 2.05) is 6.07 Å². The van der Waals surface area contributed by atoms with Crippen molar-refractivity contribution in [1.29, 1.82) is 0 Å². The Hall–Kier alpha value is -2.93. The van der Waals surface area contributed by atoms with Gasteiger partial charge >= 0.3 is 0 Å². The maximum Gasteiger partial charge on any atom is 0.0709 e. The standard InChI is InChI=1S/C22H15N/c1-3-7-19-16(6-1)13-18-14-17(9-11-20(18)19)22-12-10-15-5-2-4-8-21(15)23-22/h1-12,14H,13H2. The van der Waals surface area contributed by atoms with Crippen molar-refractivity contribution in [2.75, 3.05) is 0 Å². The van der Waals surface area contributed by atoms with Gasteiger partial charge in [-0.05, 0) is 46.9 Å². The van der Waals surface area contributed by atoms with Crippen molar-refractivity contribution in [2.24, 2.45) is 0 Å². The number of benzene rings is 3. The van der Waals surface area contributed by atoms with Gasteiger partial charge in [0, 0.05) is 10.9 Å². The van der Waals surface area contributed by atoms with Crippen molar-refractivity contribution in [2.45, 2.75) is 6.42 Å². The summed E-state index contributed by atoms with van der Waals surface area (Å²) in [4.78, 5) is 4.82. The van der Waals surface area contributed by atoms with Gasteiger partial charge in [0.05, 0.1) is 11.2 Å². The molecule has 23 heavy (non-hydrogen) atoms. The minimum Gasteiger partial charge on any atom is -0.248 e. The highest BCUT2D eigenvalue weighted by atomic mass is 14.7. The third-order valence-corrected chi connectivity index (χ3v) is 4.69. The second kappa shape index (κ2) is 4.79. The first-order valence-corrected chi connectivity index (χ1v) is 7.96. The molecule has 0 N–H and O–H groups in total. The van der Waals surface area contributed by atoms with Crippen molar-refractivity contribution in [3.05, 3.63) is 90.0 Å². The third kappa shape index (κ3) is 1.97. The number of hydrogen-bond donors (Lipinski definition) is 0. The number of nitrogens with zero attached hydrogens (tertiary/aromatic N) is 1. The Morgan fingerprint density at radius 3 is 2.48 bits per heavy atom. The summed E-state index contributed by atoms with van der Waals surface area (Å²) in [5.74, 6) is 0. The van der Waals surface area contributed by atoms with Crippen LogP contribution in [0.25, 0.3) is 33.3 Å². The van der Waals surface area contributed by atoms with E-state index in [0.29, 0.717) is 0 Å². The van der Waals surface area contributed by atoms with Crippen molar-refractivity contribution in [3.8, 4) is 22.4 Å². The molecule has 1 heteroatoms. The lowest BCUT2D eigenvalue weighted by molar-refractivity contribution is 1.26. The number of pyridine rings is 1. The monoisotopic (exact) mass is 293 g/mol. The summed E-state index contributed by atoms with van der Waals surface area (Å²) in [6.45, 7) is 0. The normalized spacial score (nSPS) is 12.2. The first kappa shape index (κ1) is 12.6. The molecule has 1 aliphatic carbocycles. The van der Waals surface area contributed by atoms with E-state index in [9.17, 15) is 0 Å². The zero-order valence-electron chi connectivity index (χ0n) is 12.7. The quantitative estimate of drug-likeness (QED) is 0.399. The molecular formula is C22H15N. The molecule has 4 aromatic rings. The molecular weight excluding hydrogens is 278 g/mol. The Bertz CT molecular complexity index is 1050. The van der Waals surface area contributed by atoms with Crippen LogP contribution in [0.4, 0.5) is 0 Å². The Morgan fingerprint density at radius 1 is 0.652 bits per heavy atom. The van der Waals surface area contributed by atoms with E-state index in [-0.39, 0.29) is 0 Å². The van der Waals surface area contributed by atoms with Crippen LogP contribution >= 0.6 is 0 Å². The molecule has 1 aliphatic rings. The van der Waals surface area contributed by atoms with Crippen LogP contribution in [0, 0.1) is 0 Å². The molecule has 0 bridgehead atoms. The van der Waals surface area contributed by atoms with Gasteiger partial charge < -0.3 is 0 Å². The van der Waals surface area contributed by atoms with Gasteiger partial charge in [-0.1, -0.05) is 60.7 Å². The SMILES string of the molecule is c1ccc2c(c1)Cc1cc(-c3ccc4ccccc4n3)ccc1-2. The van der Waals surface area contributed by atoms with Gasteiger partial charge in [-0.25, -0.2) is 4.98 Å². The number of para-hydroxylation sites is 1. The average Bonchev–Trinajstić information content (AvgIpc) is 2.99. The first-order chi connectivity index (χ1) is 11.4. The van der Waals surface area contributed by atoms with E-state index < -0.39 is 0 Å². The summed E-state index contributed by atoms with van der Waals surface area (Å²) in [5.41, 5.74) is 8.86. The van der Waals surface area contributed by atoms with E-state index in [0.717, 1.165) is 17.6 Å². The molecule has 3 aromatic carbocycles. The molecule has 0 amide bonds. The summed E-state index contributed by atoms with van der Waals surface area (Å²) in [5, 5.41) is 1.19.